The standard InChI is InChI=1S/C8H9NO/c1-2-5-9(4-1)8-3-6-10-7-8/h1-3,6-7H,4-5H2. The Hall–Kier alpha value is -1.18. The van der Waals surface area contributed by atoms with Gasteiger partial charge in [-0.15, -0.1) is 0 Å². The third kappa shape index (κ3) is 0.817. The summed E-state index contributed by atoms with van der Waals surface area (Å²) in [4.78, 5) is 2.24. The summed E-state index contributed by atoms with van der Waals surface area (Å²) < 4.78 is 4.96. The molecule has 1 aromatic rings. The highest BCUT2D eigenvalue weighted by atomic mass is 16.3. The number of hydrogen-bond donors (Lipinski definition) is 0. The molecule has 2 heteroatoms. The van der Waals surface area contributed by atoms with Crippen LogP contribution >= 0.6 is 0 Å². The van der Waals surface area contributed by atoms with Gasteiger partial charge in [0.25, 0.3) is 0 Å². The summed E-state index contributed by atoms with van der Waals surface area (Å²) in [5.74, 6) is 0. The van der Waals surface area contributed by atoms with E-state index in [1.807, 2.05) is 6.07 Å². The van der Waals surface area contributed by atoms with Gasteiger partial charge in [0, 0.05) is 13.1 Å². The minimum atomic E-state index is 1.01. The molecule has 1 aromatic heterocycles. The molecule has 2 nitrogen and oxygen atoms in total. The van der Waals surface area contributed by atoms with Gasteiger partial charge in [0.1, 0.15) is 6.26 Å². The van der Waals surface area contributed by atoms with Crippen LogP contribution in [0.3, 0.4) is 0 Å². The number of rotatable bonds is 1. The van der Waals surface area contributed by atoms with Gasteiger partial charge in [-0.05, 0) is 6.07 Å². The molecule has 0 amide bonds. The van der Waals surface area contributed by atoms with Crippen LogP contribution in [-0.4, -0.2) is 13.1 Å². The SMILES string of the molecule is C1=CCN(c2ccoc2)C1. The molecule has 0 aromatic carbocycles. The Morgan fingerprint density at radius 2 is 2.10 bits per heavy atom. The van der Waals surface area contributed by atoms with E-state index in [9.17, 15) is 0 Å². The molecule has 0 N–H and O–H groups in total. The van der Waals surface area contributed by atoms with Crippen LogP contribution in [0.25, 0.3) is 0 Å². The van der Waals surface area contributed by atoms with E-state index in [-0.39, 0.29) is 0 Å². The second-order valence-corrected chi connectivity index (χ2v) is 2.36. The fraction of sp³-hybridized carbons (Fsp3) is 0.250. The third-order valence-electron chi connectivity index (χ3n) is 1.69. The molecule has 10 heavy (non-hydrogen) atoms. The first-order valence-corrected chi connectivity index (χ1v) is 3.39. The molecule has 2 rings (SSSR count). The van der Waals surface area contributed by atoms with Crippen molar-refractivity contribution < 1.29 is 4.42 Å². The molecule has 0 unspecified atom stereocenters. The lowest BCUT2D eigenvalue weighted by Crippen LogP contribution is -2.17. The number of anilines is 1. The summed E-state index contributed by atoms with van der Waals surface area (Å²) in [6.45, 7) is 2.03. The third-order valence-corrected chi connectivity index (χ3v) is 1.69. The topological polar surface area (TPSA) is 16.4 Å². The zero-order valence-electron chi connectivity index (χ0n) is 5.66. The summed E-state index contributed by atoms with van der Waals surface area (Å²) in [6, 6.07) is 1.98. The molecule has 2 heterocycles. The Morgan fingerprint density at radius 3 is 2.70 bits per heavy atom. The van der Waals surface area contributed by atoms with E-state index in [2.05, 4.69) is 17.1 Å². The maximum atomic E-state index is 4.96. The summed E-state index contributed by atoms with van der Waals surface area (Å²) in [5, 5.41) is 0. The van der Waals surface area contributed by atoms with Gasteiger partial charge in [-0.1, -0.05) is 12.2 Å². The molecule has 0 bridgehead atoms. The van der Waals surface area contributed by atoms with Crippen molar-refractivity contribution in [2.45, 2.75) is 0 Å². The summed E-state index contributed by atoms with van der Waals surface area (Å²) in [5.41, 5.74) is 1.17. The molecule has 0 saturated carbocycles. The molecular weight excluding hydrogens is 126 g/mol. The van der Waals surface area contributed by atoms with Crippen LogP contribution in [0.1, 0.15) is 0 Å². The quantitative estimate of drug-likeness (QED) is 0.544. The van der Waals surface area contributed by atoms with Crippen LogP contribution in [0.5, 0.6) is 0 Å². The Kier molecular flexibility index (Phi) is 1.24. The van der Waals surface area contributed by atoms with Crippen LogP contribution in [0.4, 0.5) is 5.69 Å². The Bertz CT molecular complexity index is 217. The van der Waals surface area contributed by atoms with E-state index < -0.39 is 0 Å². The molecule has 1 aliphatic heterocycles. The molecule has 0 atom stereocenters. The van der Waals surface area contributed by atoms with E-state index in [1.54, 1.807) is 12.5 Å². The maximum absolute atomic E-state index is 4.96. The van der Waals surface area contributed by atoms with Crippen LogP contribution in [0, 0.1) is 0 Å². The highest BCUT2D eigenvalue weighted by Crippen LogP contribution is 2.16. The van der Waals surface area contributed by atoms with E-state index in [1.165, 1.54) is 5.69 Å². The average molecular weight is 135 g/mol. The fourth-order valence-corrected chi connectivity index (χ4v) is 1.13. The highest BCUT2D eigenvalue weighted by molar-refractivity contribution is 5.46. The first-order valence-electron chi connectivity index (χ1n) is 3.39. The molecule has 52 valence electrons. The lowest BCUT2D eigenvalue weighted by molar-refractivity contribution is 0.567. The van der Waals surface area contributed by atoms with Crippen molar-refractivity contribution in [1.29, 1.82) is 0 Å². The smallest absolute Gasteiger partial charge is 0.114 e. The largest absolute Gasteiger partial charge is 0.470 e. The van der Waals surface area contributed by atoms with E-state index in [4.69, 9.17) is 4.42 Å². The Labute approximate surface area is 59.7 Å². The second-order valence-electron chi connectivity index (χ2n) is 2.36. The highest BCUT2D eigenvalue weighted by Gasteiger charge is 2.06. The monoisotopic (exact) mass is 135 g/mol. The van der Waals surface area contributed by atoms with Gasteiger partial charge in [0.15, 0.2) is 0 Å². The van der Waals surface area contributed by atoms with Gasteiger partial charge in [-0.2, -0.15) is 0 Å². The van der Waals surface area contributed by atoms with Crippen molar-refractivity contribution in [2.24, 2.45) is 0 Å². The molecule has 0 fully saturated rings. The van der Waals surface area contributed by atoms with Crippen molar-refractivity contribution in [3.63, 3.8) is 0 Å². The Balaban J connectivity index is 2.14. The number of nitrogens with zero attached hydrogens (tertiary/aromatic N) is 1. The van der Waals surface area contributed by atoms with Gasteiger partial charge in [0.2, 0.25) is 0 Å². The van der Waals surface area contributed by atoms with Crippen LogP contribution in [0.2, 0.25) is 0 Å². The van der Waals surface area contributed by atoms with Crippen LogP contribution in [0.15, 0.2) is 35.2 Å². The zero-order chi connectivity index (χ0) is 6.81. The lowest BCUT2D eigenvalue weighted by Gasteiger charge is -2.13. The van der Waals surface area contributed by atoms with Gasteiger partial charge in [0.05, 0.1) is 12.0 Å². The Morgan fingerprint density at radius 1 is 1.30 bits per heavy atom. The first-order chi connectivity index (χ1) is 4.97. The van der Waals surface area contributed by atoms with Crippen LogP contribution < -0.4 is 4.90 Å². The predicted octanol–water partition coefficient (Wildman–Crippen LogP) is 1.66. The van der Waals surface area contributed by atoms with Crippen molar-refractivity contribution in [3.05, 3.63) is 30.7 Å². The normalized spacial score (nSPS) is 16.6. The minimum absolute atomic E-state index is 1.01. The van der Waals surface area contributed by atoms with Crippen molar-refractivity contribution >= 4 is 5.69 Å². The number of hydrogen-bond acceptors (Lipinski definition) is 2. The van der Waals surface area contributed by atoms with Crippen molar-refractivity contribution in [3.8, 4) is 0 Å². The molecule has 1 aliphatic rings. The molecule has 0 saturated heterocycles. The summed E-state index contributed by atoms with van der Waals surface area (Å²) in [7, 11) is 0. The molecule has 0 radical (unpaired) electrons. The fourth-order valence-electron chi connectivity index (χ4n) is 1.13. The maximum Gasteiger partial charge on any atom is 0.114 e. The zero-order valence-corrected chi connectivity index (χ0v) is 5.66. The molecule has 0 aliphatic carbocycles. The van der Waals surface area contributed by atoms with Gasteiger partial charge in [-0.3, -0.25) is 0 Å². The summed E-state index contributed by atoms with van der Waals surface area (Å²) >= 11 is 0. The number of furan rings is 1. The van der Waals surface area contributed by atoms with Gasteiger partial charge in [-0.25, -0.2) is 0 Å². The van der Waals surface area contributed by atoms with Crippen LogP contribution in [-0.2, 0) is 0 Å². The average Bonchev–Trinajstić information content (AvgIpc) is 2.59. The van der Waals surface area contributed by atoms with E-state index in [0.29, 0.717) is 0 Å². The predicted molar refractivity (Wildman–Crippen MR) is 40.1 cm³/mol. The minimum Gasteiger partial charge on any atom is -0.470 e. The van der Waals surface area contributed by atoms with Crippen molar-refractivity contribution in [2.75, 3.05) is 18.0 Å². The lowest BCUT2D eigenvalue weighted by atomic mass is 10.4. The summed E-state index contributed by atoms with van der Waals surface area (Å²) in [6.07, 6.45) is 7.79. The second kappa shape index (κ2) is 2.21. The molecular formula is C8H9NO. The van der Waals surface area contributed by atoms with Gasteiger partial charge < -0.3 is 9.32 Å². The van der Waals surface area contributed by atoms with Crippen molar-refractivity contribution in [1.82, 2.24) is 0 Å². The molecule has 0 spiro atoms. The van der Waals surface area contributed by atoms with Gasteiger partial charge >= 0.3 is 0 Å². The van der Waals surface area contributed by atoms with E-state index >= 15 is 0 Å². The van der Waals surface area contributed by atoms with E-state index in [0.717, 1.165) is 13.1 Å². The first kappa shape index (κ1) is 5.59.